The van der Waals surface area contributed by atoms with Gasteiger partial charge in [-0.25, -0.2) is 0 Å². The van der Waals surface area contributed by atoms with E-state index in [1.54, 1.807) is 6.07 Å². The summed E-state index contributed by atoms with van der Waals surface area (Å²) in [6, 6.07) is 5.87. The molecule has 3 aliphatic rings. The van der Waals surface area contributed by atoms with Crippen molar-refractivity contribution >= 4 is 27.5 Å². The molecule has 3 saturated carbocycles. The van der Waals surface area contributed by atoms with Crippen LogP contribution in [0.2, 0.25) is 0 Å². The minimum Gasteiger partial charge on any atom is -0.398 e. The predicted molar refractivity (Wildman–Crippen MR) is 77.6 cm³/mol. The summed E-state index contributed by atoms with van der Waals surface area (Å²) in [5.41, 5.74) is 7.09. The van der Waals surface area contributed by atoms with Gasteiger partial charge in [0.1, 0.15) is 0 Å². The highest BCUT2D eigenvalue weighted by Crippen LogP contribution is 2.65. The smallest absolute Gasteiger partial charge is 0.252 e. The lowest BCUT2D eigenvalue weighted by Crippen LogP contribution is -2.30. The Bertz CT molecular complexity index is 543. The minimum absolute atomic E-state index is 0.0120. The topological polar surface area (TPSA) is 55.1 Å². The number of amides is 1. The molecule has 4 atom stereocenters. The molecule has 1 aromatic rings. The first-order valence-electron chi connectivity index (χ1n) is 7.01. The molecule has 3 N–H and O–H groups in total. The molecule has 2 bridgehead atoms. The van der Waals surface area contributed by atoms with Crippen molar-refractivity contribution in [3.05, 3.63) is 28.2 Å². The van der Waals surface area contributed by atoms with Crippen molar-refractivity contribution in [2.45, 2.75) is 25.3 Å². The fourth-order valence-corrected chi connectivity index (χ4v) is 4.92. The molecule has 4 heteroatoms. The standard InChI is InChI=1S/C15H17BrN2O/c16-13-9(2-1-3-10(13)17)15(19)18-14-11-7-4-5-8(6-7)12(11)14/h1-3,7-8,11-12,14H,4-6,17H2,(H,18,19). The van der Waals surface area contributed by atoms with Crippen molar-refractivity contribution in [2.75, 3.05) is 5.73 Å². The van der Waals surface area contributed by atoms with Gasteiger partial charge in [-0.15, -0.1) is 0 Å². The first kappa shape index (κ1) is 11.8. The molecule has 1 amide bonds. The van der Waals surface area contributed by atoms with Crippen LogP contribution in [0.3, 0.4) is 0 Å². The van der Waals surface area contributed by atoms with Gasteiger partial charge in [0.25, 0.3) is 5.91 Å². The predicted octanol–water partition coefficient (Wildman–Crippen LogP) is 2.81. The van der Waals surface area contributed by atoms with Crippen LogP contribution in [0.15, 0.2) is 22.7 Å². The molecule has 0 saturated heterocycles. The van der Waals surface area contributed by atoms with E-state index in [0.717, 1.165) is 23.7 Å². The second-order valence-electron chi connectivity index (χ2n) is 6.20. The Morgan fingerprint density at radius 2 is 1.95 bits per heavy atom. The van der Waals surface area contributed by atoms with Gasteiger partial charge < -0.3 is 11.1 Å². The number of fused-ring (bicyclic) bond motifs is 5. The summed E-state index contributed by atoms with van der Waals surface area (Å²) in [4.78, 5) is 12.3. The Morgan fingerprint density at radius 1 is 1.26 bits per heavy atom. The zero-order chi connectivity index (χ0) is 13.1. The number of hydrogen-bond acceptors (Lipinski definition) is 2. The van der Waals surface area contributed by atoms with Crippen molar-refractivity contribution in [1.29, 1.82) is 0 Å². The van der Waals surface area contributed by atoms with Crippen LogP contribution >= 0.6 is 15.9 Å². The molecule has 3 fully saturated rings. The van der Waals surface area contributed by atoms with Crippen molar-refractivity contribution in [1.82, 2.24) is 5.32 Å². The van der Waals surface area contributed by atoms with Gasteiger partial charge in [0.2, 0.25) is 0 Å². The van der Waals surface area contributed by atoms with Gasteiger partial charge in [0, 0.05) is 11.7 Å². The van der Waals surface area contributed by atoms with Crippen LogP contribution in [-0.4, -0.2) is 11.9 Å². The van der Waals surface area contributed by atoms with Gasteiger partial charge >= 0.3 is 0 Å². The fourth-order valence-electron chi connectivity index (χ4n) is 4.47. The minimum atomic E-state index is 0.0120. The summed E-state index contributed by atoms with van der Waals surface area (Å²) in [6.45, 7) is 0. The van der Waals surface area contributed by atoms with Crippen molar-refractivity contribution in [3.8, 4) is 0 Å². The number of nitrogen functional groups attached to an aromatic ring is 1. The van der Waals surface area contributed by atoms with Gasteiger partial charge in [-0.1, -0.05) is 6.07 Å². The number of rotatable bonds is 2. The largest absolute Gasteiger partial charge is 0.398 e. The lowest BCUT2D eigenvalue weighted by molar-refractivity contribution is 0.0943. The number of carbonyl (C=O) groups excluding carboxylic acids is 1. The van der Waals surface area contributed by atoms with Crippen molar-refractivity contribution < 1.29 is 4.79 Å². The van der Waals surface area contributed by atoms with E-state index in [9.17, 15) is 4.79 Å². The van der Waals surface area contributed by atoms with Crippen LogP contribution in [0.25, 0.3) is 0 Å². The Kier molecular flexibility index (Phi) is 2.47. The number of hydrogen-bond donors (Lipinski definition) is 2. The Hall–Kier alpha value is -1.03. The zero-order valence-electron chi connectivity index (χ0n) is 10.6. The molecule has 4 rings (SSSR count). The maximum absolute atomic E-state index is 12.3. The van der Waals surface area contributed by atoms with Gasteiger partial charge in [0.05, 0.1) is 10.0 Å². The lowest BCUT2D eigenvalue weighted by atomic mass is 10.0. The monoisotopic (exact) mass is 320 g/mol. The summed E-state index contributed by atoms with van der Waals surface area (Å²) in [6.07, 6.45) is 4.16. The van der Waals surface area contributed by atoms with E-state index >= 15 is 0 Å². The van der Waals surface area contributed by atoms with Gasteiger partial charge in [0.15, 0.2) is 0 Å². The summed E-state index contributed by atoms with van der Waals surface area (Å²) in [5, 5.41) is 3.22. The van der Waals surface area contributed by atoms with E-state index in [0.29, 0.717) is 21.8 Å². The first-order chi connectivity index (χ1) is 9.16. The number of benzene rings is 1. The number of halogens is 1. The van der Waals surface area contributed by atoms with E-state index < -0.39 is 0 Å². The van der Waals surface area contributed by atoms with Crippen LogP contribution < -0.4 is 11.1 Å². The van der Waals surface area contributed by atoms with Crippen molar-refractivity contribution in [3.63, 3.8) is 0 Å². The van der Waals surface area contributed by atoms with Crippen LogP contribution in [0, 0.1) is 23.7 Å². The molecule has 0 heterocycles. The third kappa shape index (κ3) is 1.65. The Morgan fingerprint density at radius 3 is 2.63 bits per heavy atom. The average molecular weight is 321 g/mol. The molecule has 3 nitrogen and oxygen atoms in total. The maximum Gasteiger partial charge on any atom is 0.252 e. The third-order valence-electron chi connectivity index (χ3n) is 5.31. The van der Waals surface area contributed by atoms with Gasteiger partial charge in [-0.05, 0) is 71.0 Å². The summed E-state index contributed by atoms with van der Waals surface area (Å²) in [7, 11) is 0. The molecule has 4 unspecified atom stereocenters. The summed E-state index contributed by atoms with van der Waals surface area (Å²) < 4.78 is 0.710. The van der Waals surface area contributed by atoms with E-state index in [-0.39, 0.29) is 5.91 Å². The summed E-state index contributed by atoms with van der Waals surface area (Å²) in [5.74, 6) is 3.30. The highest BCUT2D eigenvalue weighted by Gasteiger charge is 2.65. The molecule has 1 aromatic carbocycles. The first-order valence-corrected chi connectivity index (χ1v) is 7.81. The molecule has 0 aromatic heterocycles. The number of nitrogens with two attached hydrogens (primary N) is 1. The van der Waals surface area contributed by atoms with Crippen molar-refractivity contribution in [2.24, 2.45) is 23.7 Å². The molecule has 0 aliphatic heterocycles. The highest BCUT2D eigenvalue weighted by molar-refractivity contribution is 9.10. The van der Waals surface area contributed by atoms with E-state index in [4.69, 9.17) is 5.73 Å². The molecule has 3 aliphatic carbocycles. The quantitative estimate of drug-likeness (QED) is 0.823. The van der Waals surface area contributed by atoms with E-state index in [1.165, 1.54) is 19.3 Å². The molecular formula is C15H17BrN2O. The second kappa shape index (κ2) is 3.98. The molecular weight excluding hydrogens is 304 g/mol. The average Bonchev–Trinajstić information content (AvgIpc) is 2.81. The third-order valence-corrected chi connectivity index (χ3v) is 6.19. The molecule has 0 spiro atoms. The maximum atomic E-state index is 12.3. The van der Waals surface area contributed by atoms with Crippen LogP contribution in [-0.2, 0) is 0 Å². The van der Waals surface area contributed by atoms with Gasteiger partial charge in [-0.2, -0.15) is 0 Å². The Labute approximate surface area is 121 Å². The number of carbonyl (C=O) groups is 1. The SMILES string of the molecule is Nc1cccc(C(=O)NC2C3C4CCC(C4)C23)c1Br. The summed E-state index contributed by atoms with van der Waals surface area (Å²) >= 11 is 3.40. The molecule has 19 heavy (non-hydrogen) atoms. The second-order valence-corrected chi connectivity index (χ2v) is 6.99. The van der Waals surface area contributed by atoms with E-state index in [2.05, 4.69) is 21.2 Å². The highest BCUT2D eigenvalue weighted by atomic mass is 79.9. The number of anilines is 1. The number of nitrogens with one attached hydrogen (secondary N) is 1. The lowest BCUT2D eigenvalue weighted by Gasteiger charge is -2.12. The zero-order valence-corrected chi connectivity index (χ0v) is 12.2. The van der Waals surface area contributed by atoms with Crippen LogP contribution in [0.1, 0.15) is 29.6 Å². The van der Waals surface area contributed by atoms with E-state index in [1.807, 2.05) is 12.1 Å². The normalized spacial score (nSPS) is 38.1. The fraction of sp³-hybridized carbons (Fsp3) is 0.533. The Balaban J connectivity index is 1.50. The molecule has 0 radical (unpaired) electrons. The van der Waals surface area contributed by atoms with Crippen LogP contribution in [0.5, 0.6) is 0 Å². The van der Waals surface area contributed by atoms with Crippen LogP contribution in [0.4, 0.5) is 5.69 Å². The molecule has 100 valence electrons. The van der Waals surface area contributed by atoms with Gasteiger partial charge in [-0.3, -0.25) is 4.79 Å².